The molecule has 0 aliphatic carbocycles. The largest absolute Gasteiger partial charge is 0.442 e. The standard InChI is InChI=1S/C12H21N3O2/c1-11(2,3)9-7-15(14-13-9)8-17-10(16)12(4,5)6/h7H,8H2,1-6H3. The van der Waals surface area contributed by atoms with Gasteiger partial charge in [0.15, 0.2) is 6.73 Å². The number of carbonyl (C=O) groups excluding carboxylic acids is 1. The van der Waals surface area contributed by atoms with E-state index in [4.69, 9.17) is 4.74 Å². The molecule has 17 heavy (non-hydrogen) atoms. The lowest BCUT2D eigenvalue weighted by molar-refractivity contribution is -0.157. The maximum atomic E-state index is 11.6. The van der Waals surface area contributed by atoms with Crippen LogP contribution in [0, 0.1) is 5.41 Å². The fraction of sp³-hybridized carbons (Fsp3) is 0.750. The minimum atomic E-state index is -0.493. The molecule has 0 radical (unpaired) electrons. The van der Waals surface area contributed by atoms with E-state index in [9.17, 15) is 4.79 Å². The van der Waals surface area contributed by atoms with Gasteiger partial charge in [0.25, 0.3) is 0 Å². The maximum Gasteiger partial charge on any atom is 0.313 e. The fourth-order valence-electron chi connectivity index (χ4n) is 1.05. The average Bonchev–Trinajstić information content (AvgIpc) is 2.59. The van der Waals surface area contributed by atoms with E-state index in [0.717, 1.165) is 5.69 Å². The summed E-state index contributed by atoms with van der Waals surface area (Å²) < 4.78 is 6.67. The van der Waals surface area contributed by atoms with Gasteiger partial charge < -0.3 is 4.74 Å². The van der Waals surface area contributed by atoms with Crippen molar-refractivity contribution in [3.8, 4) is 0 Å². The van der Waals surface area contributed by atoms with Crippen LogP contribution in [-0.4, -0.2) is 21.0 Å². The van der Waals surface area contributed by atoms with Gasteiger partial charge in [0.1, 0.15) is 0 Å². The van der Waals surface area contributed by atoms with Crippen molar-refractivity contribution < 1.29 is 9.53 Å². The van der Waals surface area contributed by atoms with Gasteiger partial charge in [0.05, 0.1) is 17.3 Å². The summed E-state index contributed by atoms with van der Waals surface area (Å²) in [5.41, 5.74) is 0.337. The van der Waals surface area contributed by atoms with Gasteiger partial charge in [-0.25, -0.2) is 4.68 Å². The van der Waals surface area contributed by atoms with Crippen LogP contribution in [0.4, 0.5) is 0 Å². The molecule has 5 heteroatoms. The molecular weight excluding hydrogens is 218 g/mol. The Bertz CT molecular complexity index is 397. The lowest BCUT2D eigenvalue weighted by Gasteiger charge is -2.16. The lowest BCUT2D eigenvalue weighted by Crippen LogP contribution is -2.24. The first-order valence-electron chi connectivity index (χ1n) is 5.68. The highest BCUT2D eigenvalue weighted by Gasteiger charge is 2.23. The molecule has 0 fully saturated rings. The SMILES string of the molecule is CC(C)(C)C(=O)OCn1cc(C(C)(C)C)nn1. The molecule has 0 amide bonds. The zero-order valence-corrected chi connectivity index (χ0v) is 11.4. The second kappa shape index (κ2) is 4.47. The van der Waals surface area contributed by atoms with Crippen LogP contribution in [0.15, 0.2) is 6.20 Å². The molecule has 0 aliphatic rings. The number of hydrogen-bond acceptors (Lipinski definition) is 4. The fourth-order valence-corrected chi connectivity index (χ4v) is 1.05. The van der Waals surface area contributed by atoms with E-state index >= 15 is 0 Å². The third-order valence-electron chi connectivity index (χ3n) is 2.25. The van der Waals surface area contributed by atoms with Crippen molar-refractivity contribution in [2.24, 2.45) is 5.41 Å². The van der Waals surface area contributed by atoms with E-state index in [0.29, 0.717) is 0 Å². The van der Waals surface area contributed by atoms with Crippen molar-refractivity contribution in [1.82, 2.24) is 15.0 Å². The molecule has 1 aromatic rings. The van der Waals surface area contributed by atoms with Crippen molar-refractivity contribution in [1.29, 1.82) is 0 Å². The normalized spacial score (nSPS) is 12.6. The monoisotopic (exact) mass is 239 g/mol. The molecule has 0 saturated heterocycles. The summed E-state index contributed by atoms with van der Waals surface area (Å²) >= 11 is 0. The van der Waals surface area contributed by atoms with Crippen LogP contribution < -0.4 is 0 Å². The highest BCUT2D eigenvalue weighted by Crippen LogP contribution is 2.19. The van der Waals surface area contributed by atoms with Crippen molar-refractivity contribution >= 4 is 5.97 Å². The van der Waals surface area contributed by atoms with Crippen LogP contribution in [-0.2, 0) is 21.7 Å². The first-order valence-corrected chi connectivity index (χ1v) is 5.68. The van der Waals surface area contributed by atoms with Gasteiger partial charge in [-0.05, 0) is 20.8 Å². The van der Waals surface area contributed by atoms with Crippen LogP contribution >= 0.6 is 0 Å². The third kappa shape index (κ3) is 3.84. The van der Waals surface area contributed by atoms with E-state index in [-0.39, 0.29) is 18.1 Å². The number of esters is 1. The van der Waals surface area contributed by atoms with E-state index in [2.05, 4.69) is 31.1 Å². The molecule has 0 aromatic carbocycles. The number of ether oxygens (including phenoxy) is 1. The molecule has 0 aliphatic heterocycles. The molecule has 5 nitrogen and oxygen atoms in total. The summed E-state index contributed by atoms with van der Waals surface area (Å²) in [4.78, 5) is 11.6. The number of rotatable bonds is 2. The van der Waals surface area contributed by atoms with Crippen molar-refractivity contribution in [3.05, 3.63) is 11.9 Å². The molecule has 1 rings (SSSR count). The Morgan fingerprint density at radius 3 is 2.29 bits per heavy atom. The van der Waals surface area contributed by atoms with Gasteiger partial charge in [0, 0.05) is 5.41 Å². The summed E-state index contributed by atoms with van der Waals surface area (Å²) in [5.74, 6) is -0.245. The molecule has 96 valence electrons. The highest BCUT2D eigenvalue weighted by molar-refractivity contribution is 5.75. The topological polar surface area (TPSA) is 57.0 Å². The second-order valence-corrected chi connectivity index (χ2v) is 6.20. The maximum absolute atomic E-state index is 11.6. The van der Waals surface area contributed by atoms with Gasteiger partial charge >= 0.3 is 5.97 Å². The predicted octanol–water partition coefficient (Wildman–Crippen LogP) is 2.12. The van der Waals surface area contributed by atoms with E-state index < -0.39 is 5.41 Å². The second-order valence-electron chi connectivity index (χ2n) is 6.20. The zero-order valence-electron chi connectivity index (χ0n) is 11.4. The van der Waals surface area contributed by atoms with Gasteiger partial charge in [-0.15, -0.1) is 5.10 Å². The Balaban J connectivity index is 2.60. The molecule has 0 atom stereocenters. The van der Waals surface area contributed by atoms with Gasteiger partial charge in [-0.1, -0.05) is 26.0 Å². The Kier molecular flexibility index (Phi) is 3.59. The van der Waals surface area contributed by atoms with Crippen molar-refractivity contribution in [2.75, 3.05) is 0 Å². The molecular formula is C12H21N3O2. The summed E-state index contributed by atoms with van der Waals surface area (Å²) in [5, 5.41) is 7.98. The molecule has 0 bridgehead atoms. The van der Waals surface area contributed by atoms with Crippen LogP contribution in [0.1, 0.15) is 47.2 Å². The van der Waals surface area contributed by atoms with Crippen molar-refractivity contribution in [2.45, 2.75) is 53.7 Å². The van der Waals surface area contributed by atoms with Crippen LogP contribution in [0.25, 0.3) is 0 Å². The zero-order chi connectivity index (χ0) is 13.3. The molecule has 1 aromatic heterocycles. The number of aromatic nitrogens is 3. The average molecular weight is 239 g/mol. The molecule has 0 unspecified atom stereocenters. The lowest BCUT2D eigenvalue weighted by atomic mass is 9.93. The predicted molar refractivity (Wildman–Crippen MR) is 64.3 cm³/mol. The Hall–Kier alpha value is -1.39. The highest BCUT2D eigenvalue weighted by atomic mass is 16.5. The summed E-state index contributed by atoms with van der Waals surface area (Å²) in [6, 6.07) is 0. The summed E-state index contributed by atoms with van der Waals surface area (Å²) in [7, 11) is 0. The Morgan fingerprint density at radius 2 is 1.88 bits per heavy atom. The summed E-state index contributed by atoms with van der Waals surface area (Å²) in [6.07, 6.45) is 1.80. The van der Waals surface area contributed by atoms with Gasteiger partial charge in [0.2, 0.25) is 0 Å². The molecule has 1 heterocycles. The summed E-state index contributed by atoms with van der Waals surface area (Å²) in [6.45, 7) is 11.7. The molecule has 0 spiro atoms. The number of hydrogen-bond donors (Lipinski definition) is 0. The van der Waals surface area contributed by atoms with Crippen LogP contribution in [0.5, 0.6) is 0 Å². The van der Waals surface area contributed by atoms with Gasteiger partial charge in [-0.2, -0.15) is 0 Å². The minimum absolute atomic E-state index is 0.0493. The molecule has 0 saturated carbocycles. The smallest absolute Gasteiger partial charge is 0.313 e. The third-order valence-corrected chi connectivity index (χ3v) is 2.25. The van der Waals surface area contributed by atoms with Crippen LogP contribution in [0.2, 0.25) is 0 Å². The van der Waals surface area contributed by atoms with E-state index in [1.54, 1.807) is 6.20 Å². The van der Waals surface area contributed by atoms with Crippen molar-refractivity contribution in [3.63, 3.8) is 0 Å². The quantitative estimate of drug-likeness (QED) is 0.742. The van der Waals surface area contributed by atoms with E-state index in [1.807, 2.05) is 20.8 Å². The number of nitrogens with zero attached hydrogens (tertiary/aromatic N) is 3. The Morgan fingerprint density at radius 1 is 1.29 bits per heavy atom. The molecule has 0 N–H and O–H groups in total. The first kappa shape index (κ1) is 13.7. The number of carbonyl (C=O) groups is 1. The van der Waals surface area contributed by atoms with Gasteiger partial charge in [-0.3, -0.25) is 4.79 Å². The first-order chi connectivity index (χ1) is 7.60. The van der Waals surface area contributed by atoms with E-state index in [1.165, 1.54) is 4.68 Å². The van der Waals surface area contributed by atoms with Crippen LogP contribution in [0.3, 0.4) is 0 Å². The Labute approximate surface area is 102 Å². The minimum Gasteiger partial charge on any atom is -0.442 e.